The lowest BCUT2D eigenvalue weighted by Crippen LogP contribution is -2.43. The highest BCUT2D eigenvalue weighted by molar-refractivity contribution is 5.85. The van der Waals surface area contributed by atoms with Crippen molar-refractivity contribution in [1.82, 2.24) is 5.32 Å². The zero-order valence-electron chi connectivity index (χ0n) is 10.0. The Labute approximate surface area is 108 Å². The van der Waals surface area contributed by atoms with Gasteiger partial charge in [-0.3, -0.25) is 4.79 Å². The molecule has 1 unspecified atom stereocenters. The van der Waals surface area contributed by atoms with Crippen LogP contribution in [0.25, 0.3) is 0 Å². The summed E-state index contributed by atoms with van der Waals surface area (Å²) in [6.07, 6.45) is 1.14. The summed E-state index contributed by atoms with van der Waals surface area (Å²) in [6.45, 7) is 0. The van der Waals surface area contributed by atoms with Gasteiger partial charge in [0.15, 0.2) is 0 Å². The van der Waals surface area contributed by atoms with Gasteiger partial charge in [-0.1, -0.05) is 0 Å². The number of hydrogen-bond donors (Lipinski definition) is 2. The topological polar surface area (TPSA) is 66.4 Å². The van der Waals surface area contributed by atoms with Gasteiger partial charge in [0, 0.05) is 5.56 Å². The van der Waals surface area contributed by atoms with E-state index in [2.05, 4.69) is 5.32 Å². The van der Waals surface area contributed by atoms with Crippen LogP contribution in [-0.2, 0) is 16.0 Å². The number of hydrogen-bond acceptors (Lipinski definition) is 2. The lowest BCUT2D eigenvalue weighted by molar-refractivity contribution is -0.142. The Morgan fingerprint density at radius 3 is 2.63 bits per heavy atom. The molecule has 2 rings (SSSR count). The highest BCUT2D eigenvalue weighted by atomic mass is 19.1. The molecule has 1 saturated carbocycles. The first-order valence-electron chi connectivity index (χ1n) is 5.93. The number of amides is 1. The normalized spacial score (nSPS) is 15.9. The van der Waals surface area contributed by atoms with Crippen LogP contribution >= 0.6 is 0 Å². The number of carbonyl (C=O) groups excluding carboxylic acids is 1. The fourth-order valence-corrected chi connectivity index (χ4v) is 1.89. The number of carboxylic acids is 1. The van der Waals surface area contributed by atoms with E-state index in [1.54, 1.807) is 0 Å². The van der Waals surface area contributed by atoms with Crippen molar-refractivity contribution < 1.29 is 23.5 Å². The lowest BCUT2D eigenvalue weighted by Gasteiger charge is -2.13. The highest BCUT2D eigenvalue weighted by Crippen LogP contribution is 2.32. The van der Waals surface area contributed by atoms with Crippen LogP contribution in [0.4, 0.5) is 8.78 Å². The molecule has 1 aromatic rings. The third-order valence-electron chi connectivity index (χ3n) is 3.03. The van der Waals surface area contributed by atoms with Gasteiger partial charge in [-0.25, -0.2) is 13.6 Å². The van der Waals surface area contributed by atoms with Gasteiger partial charge in [0.2, 0.25) is 5.91 Å². The molecule has 0 saturated heterocycles. The molecule has 2 N–H and O–H groups in total. The molecule has 19 heavy (non-hydrogen) atoms. The first kappa shape index (κ1) is 13.5. The Hall–Kier alpha value is -1.98. The Balaban J connectivity index is 2.00. The fraction of sp³-hybridized carbons (Fsp3) is 0.385. The van der Waals surface area contributed by atoms with Crippen molar-refractivity contribution >= 4 is 11.9 Å². The number of carboxylic acid groups (broad SMARTS) is 1. The van der Waals surface area contributed by atoms with Crippen molar-refractivity contribution in [2.24, 2.45) is 5.92 Å². The smallest absolute Gasteiger partial charge is 0.326 e. The molecule has 1 aromatic carbocycles. The molecule has 0 spiro atoms. The van der Waals surface area contributed by atoms with E-state index in [9.17, 15) is 18.4 Å². The molecule has 1 atom stereocenters. The minimum absolute atomic E-state index is 0.0567. The van der Waals surface area contributed by atoms with E-state index in [-0.39, 0.29) is 17.9 Å². The third kappa shape index (κ3) is 3.49. The molecule has 0 heterocycles. The van der Waals surface area contributed by atoms with Crippen molar-refractivity contribution in [3.8, 4) is 0 Å². The number of rotatable bonds is 5. The average molecular weight is 269 g/mol. The van der Waals surface area contributed by atoms with Crippen LogP contribution in [-0.4, -0.2) is 23.0 Å². The van der Waals surface area contributed by atoms with Crippen LogP contribution < -0.4 is 5.32 Å². The van der Waals surface area contributed by atoms with Crippen LogP contribution in [0, 0.1) is 17.6 Å². The summed E-state index contributed by atoms with van der Waals surface area (Å²) in [5, 5.41) is 11.3. The summed E-state index contributed by atoms with van der Waals surface area (Å²) in [7, 11) is 0. The number of aliphatic carboxylic acids is 1. The van der Waals surface area contributed by atoms with E-state index in [1.807, 2.05) is 0 Å². The van der Waals surface area contributed by atoms with Crippen molar-refractivity contribution in [3.05, 3.63) is 35.4 Å². The second-order valence-electron chi connectivity index (χ2n) is 4.63. The summed E-state index contributed by atoms with van der Waals surface area (Å²) < 4.78 is 26.3. The zero-order chi connectivity index (χ0) is 14.0. The zero-order valence-corrected chi connectivity index (χ0v) is 10.0. The molecular weight excluding hydrogens is 256 g/mol. The van der Waals surface area contributed by atoms with Gasteiger partial charge in [-0.05, 0) is 37.0 Å². The Bertz CT molecular complexity index is 515. The molecule has 1 amide bonds. The van der Waals surface area contributed by atoms with Crippen LogP contribution in [0.5, 0.6) is 0 Å². The monoisotopic (exact) mass is 269 g/mol. The van der Waals surface area contributed by atoms with Crippen molar-refractivity contribution in [1.29, 1.82) is 0 Å². The van der Waals surface area contributed by atoms with Crippen LogP contribution in [0.2, 0.25) is 0 Å². The van der Waals surface area contributed by atoms with E-state index in [4.69, 9.17) is 5.11 Å². The van der Waals surface area contributed by atoms with Crippen LogP contribution in [0.3, 0.4) is 0 Å². The molecule has 0 aliphatic heterocycles. The molecule has 4 nitrogen and oxygen atoms in total. The van der Waals surface area contributed by atoms with Gasteiger partial charge < -0.3 is 10.4 Å². The van der Waals surface area contributed by atoms with Gasteiger partial charge in [0.1, 0.15) is 17.7 Å². The maximum absolute atomic E-state index is 13.3. The van der Waals surface area contributed by atoms with Crippen LogP contribution in [0.1, 0.15) is 18.4 Å². The summed E-state index contributed by atoms with van der Waals surface area (Å²) in [5.74, 6) is -3.10. The first-order chi connectivity index (χ1) is 8.97. The molecule has 6 heteroatoms. The fourth-order valence-electron chi connectivity index (χ4n) is 1.89. The summed E-state index contributed by atoms with van der Waals surface area (Å²) in [5.41, 5.74) is -0.0857. The minimum Gasteiger partial charge on any atom is -0.480 e. The maximum atomic E-state index is 13.3. The number of carbonyl (C=O) groups is 2. The summed E-state index contributed by atoms with van der Waals surface area (Å²) >= 11 is 0. The molecule has 0 aromatic heterocycles. The van der Waals surface area contributed by atoms with E-state index in [0.717, 1.165) is 31.0 Å². The minimum atomic E-state index is -1.10. The number of nitrogens with one attached hydrogen (secondary N) is 1. The van der Waals surface area contributed by atoms with Gasteiger partial charge in [-0.15, -0.1) is 0 Å². The van der Waals surface area contributed by atoms with Crippen molar-refractivity contribution in [2.45, 2.75) is 25.3 Å². The number of benzene rings is 1. The van der Waals surface area contributed by atoms with Gasteiger partial charge in [0.25, 0.3) is 0 Å². The highest BCUT2D eigenvalue weighted by Gasteiger charge is 2.37. The van der Waals surface area contributed by atoms with Gasteiger partial charge >= 0.3 is 5.97 Å². The predicted molar refractivity (Wildman–Crippen MR) is 62.4 cm³/mol. The standard InChI is InChI=1S/C13H13F2NO3/c14-9-3-4-10(15)8(5-9)6-11(17)16-12(13(18)19)7-1-2-7/h3-5,7,12H,1-2,6H2,(H,16,17)(H,18,19). The van der Waals surface area contributed by atoms with E-state index in [1.165, 1.54) is 0 Å². The third-order valence-corrected chi connectivity index (χ3v) is 3.03. The summed E-state index contributed by atoms with van der Waals surface area (Å²) in [6, 6.07) is 1.89. The molecule has 102 valence electrons. The van der Waals surface area contributed by atoms with E-state index < -0.39 is 29.6 Å². The quantitative estimate of drug-likeness (QED) is 0.851. The summed E-state index contributed by atoms with van der Waals surface area (Å²) in [4.78, 5) is 22.6. The number of halogens is 2. The Morgan fingerprint density at radius 2 is 2.05 bits per heavy atom. The SMILES string of the molecule is O=C(Cc1cc(F)ccc1F)NC(C(=O)O)C1CC1. The van der Waals surface area contributed by atoms with E-state index in [0.29, 0.717) is 0 Å². The lowest BCUT2D eigenvalue weighted by atomic mass is 10.1. The Kier molecular flexibility index (Phi) is 3.78. The van der Waals surface area contributed by atoms with Crippen LogP contribution in [0.15, 0.2) is 18.2 Å². The molecule has 1 fully saturated rings. The van der Waals surface area contributed by atoms with Gasteiger partial charge in [0.05, 0.1) is 6.42 Å². The predicted octanol–water partition coefficient (Wildman–Crippen LogP) is 1.49. The molecule has 0 radical (unpaired) electrons. The molecular formula is C13H13F2NO3. The van der Waals surface area contributed by atoms with Gasteiger partial charge in [-0.2, -0.15) is 0 Å². The molecule has 0 bridgehead atoms. The Morgan fingerprint density at radius 1 is 1.37 bits per heavy atom. The first-order valence-corrected chi connectivity index (χ1v) is 5.93. The van der Waals surface area contributed by atoms with E-state index >= 15 is 0 Å². The van der Waals surface area contributed by atoms with Crippen molar-refractivity contribution in [2.75, 3.05) is 0 Å². The van der Waals surface area contributed by atoms with Crippen molar-refractivity contribution in [3.63, 3.8) is 0 Å². The maximum Gasteiger partial charge on any atom is 0.326 e. The second kappa shape index (κ2) is 5.34. The second-order valence-corrected chi connectivity index (χ2v) is 4.63. The average Bonchev–Trinajstić information content (AvgIpc) is 3.14. The largest absolute Gasteiger partial charge is 0.480 e. The molecule has 1 aliphatic carbocycles. The molecule has 1 aliphatic rings.